The zero-order chi connectivity index (χ0) is 14.8. The molecule has 21 heavy (non-hydrogen) atoms. The molecule has 1 aliphatic heterocycles. The van der Waals surface area contributed by atoms with Crippen LogP contribution in [0.2, 0.25) is 5.02 Å². The molecule has 2 aromatic rings. The third-order valence-corrected chi connectivity index (χ3v) is 3.51. The first-order valence-electron chi connectivity index (χ1n) is 6.41. The summed E-state index contributed by atoms with van der Waals surface area (Å²) in [5.41, 5.74) is 7.69. The topological polar surface area (TPSA) is 81.3 Å². The highest BCUT2D eigenvalue weighted by atomic mass is 35.5. The molecule has 2 aromatic heterocycles. The van der Waals surface area contributed by atoms with Gasteiger partial charge in [-0.2, -0.15) is 0 Å². The number of halogens is 1. The van der Waals surface area contributed by atoms with Crippen LogP contribution in [0.3, 0.4) is 0 Å². The van der Waals surface area contributed by atoms with E-state index in [-0.39, 0.29) is 12.5 Å². The van der Waals surface area contributed by atoms with Crippen LogP contribution in [0, 0.1) is 0 Å². The second kappa shape index (κ2) is 5.67. The number of nitrogens with two attached hydrogens (primary N) is 1. The standard InChI is InChI=1S/C14H13ClN4O2/c15-11-5-13(16)18-7-10(11)12-2-1-9(6-17-12)19-3-4-21-8-14(19)20/h1-2,5-7H,3-4,8H2,(H2,16,18). The van der Waals surface area contributed by atoms with E-state index in [1.807, 2.05) is 6.07 Å². The molecule has 0 bridgehead atoms. The van der Waals surface area contributed by atoms with Crippen LogP contribution in [0.15, 0.2) is 30.6 Å². The van der Waals surface area contributed by atoms with E-state index in [9.17, 15) is 4.79 Å². The second-order valence-corrected chi connectivity index (χ2v) is 5.00. The quantitative estimate of drug-likeness (QED) is 0.914. The number of morpholine rings is 1. The summed E-state index contributed by atoms with van der Waals surface area (Å²) in [6.45, 7) is 1.17. The number of ether oxygens (including phenoxy) is 1. The van der Waals surface area contributed by atoms with Crippen LogP contribution in [0.1, 0.15) is 0 Å². The van der Waals surface area contributed by atoms with Crippen LogP contribution in [-0.2, 0) is 9.53 Å². The van der Waals surface area contributed by atoms with Gasteiger partial charge in [0.15, 0.2) is 0 Å². The lowest BCUT2D eigenvalue weighted by Gasteiger charge is -2.26. The van der Waals surface area contributed by atoms with Crippen molar-refractivity contribution in [2.75, 3.05) is 30.4 Å². The van der Waals surface area contributed by atoms with Crippen molar-refractivity contribution in [3.05, 3.63) is 35.6 Å². The largest absolute Gasteiger partial charge is 0.384 e. The summed E-state index contributed by atoms with van der Waals surface area (Å²) < 4.78 is 5.10. The molecule has 7 heteroatoms. The van der Waals surface area contributed by atoms with E-state index in [0.29, 0.717) is 35.2 Å². The van der Waals surface area contributed by atoms with Crippen molar-refractivity contribution in [1.82, 2.24) is 9.97 Å². The lowest BCUT2D eigenvalue weighted by Crippen LogP contribution is -2.41. The number of pyridine rings is 2. The van der Waals surface area contributed by atoms with Gasteiger partial charge in [0.2, 0.25) is 0 Å². The zero-order valence-electron chi connectivity index (χ0n) is 11.1. The molecule has 2 N–H and O–H groups in total. The van der Waals surface area contributed by atoms with E-state index in [0.717, 1.165) is 5.69 Å². The fraction of sp³-hybridized carbons (Fsp3) is 0.214. The molecule has 0 radical (unpaired) electrons. The molecule has 0 unspecified atom stereocenters. The SMILES string of the molecule is Nc1cc(Cl)c(-c2ccc(N3CCOCC3=O)cn2)cn1. The van der Waals surface area contributed by atoms with Crippen molar-refractivity contribution in [1.29, 1.82) is 0 Å². The Morgan fingerprint density at radius 1 is 1.29 bits per heavy atom. The summed E-state index contributed by atoms with van der Waals surface area (Å²) in [4.78, 5) is 21.8. The Hall–Kier alpha value is -2.18. The van der Waals surface area contributed by atoms with Gasteiger partial charge < -0.3 is 15.4 Å². The first-order valence-corrected chi connectivity index (χ1v) is 6.78. The Labute approximate surface area is 126 Å². The highest BCUT2D eigenvalue weighted by Crippen LogP contribution is 2.28. The summed E-state index contributed by atoms with van der Waals surface area (Å²) in [6, 6.07) is 5.22. The molecule has 0 saturated carbocycles. The van der Waals surface area contributed by atoms with E-state index >= 15 is 0 Å². The molecule has 0 spiro atoms. The monoisotopic (exact) mass is 304 g/mol. The van der Waals surface area contributed by atoms with Gasteiger partial charge in [-0.25, -0.2) is 4.98 Å². The summed E-state index contributed by atoms with van der Waals surface area (Å²) in [6.07, 6.45) is 3.23. The van der Waals surface area contributed by atoms with Gasteiger partial charge in [0.1, 0.15) is 12.4 Å². The van der Waals surface area contributed by atoms with Crippen LogP contribution in [0.4, 0.5) is 11.5 Å². The number of aromatic nitrogens is 2. The lowest BCUT2D eigenvalue weighted by atomic mass is 10.2. The first kappa shape index (κ1) is 13.8. The average Bonchev–Trinajstić information content (AvgIpc) is 2.48. The zero-order valence-corrected chi connectivity index (χ0v) is 11.9. The molecule has 1 amide bonds. The molecular weight excluding hydrogens is 292 g/mol. The number of hydrogen-bond acceptors (Lipinski definition) is 5. The molecule has 1 saturated heterocycles. The summed E-state index contributed by atoms with van der Waals surface area (Å²) in [5, 5.41) is 0.491. The van der Waals surface area contributed by atoms with Crippen LogP contribution < -0.4 is 10.6 Å². The number of carbonyl (C=O) groups is 1. The number of amides is 1. The van der Waals surface area contributed by atoms with Gasteiger partial charge >= 0.3 is 0 Å². The number of anilines is 2. The maximum Gasteiger partial charge on any atom is 0.253 e. The van der Waals surface area contributed by atoms with Crippen LogP contribution in [0.25, 0.3) is 11.3 Å². The van der Waals surface area contributed by atoms with E-state index in [4.69, 9.17) is 22.1 Å². The second-order valence-electron chi connectivity index (χ2n) is 4.59. The third-order valence-electron chi connectivity index (χ3n) is 3.20. The predicted octanol–water partition coefficient (Wildman–Crippen LogP) is 1.74. The molecule has 1 aliphatic rings. The van der Waals surface area contributed by atoms with Gasteiger partial charge in [0.25, 0.3) is 5.91 Å². The van der Waals surface area contributed by atoms with Crippen LogP contribution >= 0.6 is 11.6 Å². The Bertz CT molecular complexity index is 675. The highest BCUT2D eigenvalue weighted by molar-refractivity contribution is 6.33. The third kappa shape index (κ3) is 2.81. The van der Waals surface area contributed by atoms with Crippen molar-refractivity contribution in [3.8, 4) is 11.3 Å². The van der Waals surface area contributed by atoms with Crippen molar-refractivity contribution < 1.29 is 9.53 Å². The van der Waals surface area contributed by atoms with Gasteiger partial charge in [-0.05, 0) is 18.2 Å². The molecule has 108 valence electrons. The van der Waals surface area contributed by atoms with Gasteiger partial charge in [-0.1, -0.05) is 11.6 Å². The maximum absolute atomic E-state index is 11.8. The van der Waals surface area contributed by atoms with E-state index in [1.165, 1.54) is 0 Å². The minimum absolute atomic E-state index is 0.0667. The number of nitrogens with zero attached hydrogens (tertiary/aromatic N) is 3. The smallest absolute Gasteiger partial charge is 0.253 e. The predicted molar refractivity (Wildman–Crippen MR) is 80.1 cm³/mol. The highest BCUT2D eigenvalue weighted by Gasteiger charge is 2.20. The van der Waals surface area contributed by atoms with Crippen LogP contribution in [-0.4, -0.2) is 35.6 Å². The fourth-order valence-electron chi connectivity index (χ4n) is 2.13. The number of rotatable bonds is 2. The molecule has 6 nitrogen and oxygen atoms in total. The van der Waals surface area contributed by atoms with Gasteiger partial charge in [-0.15, -0.1) is 0 Å². The summed E-state index contributed by atoms with van der Waals surface area (Å²) in [5.74, 6) is 0.294. The Kier molecular flexibility index (Phi) is 3.72. The summed E-state index contributed by atoms with van der Waals surface area (Å²) >= 11 is 6.13. The van der Waals surface area contributed by atoms with Crippen LogP contribution in [0.5, 0.6) is 0 Å². The van der Waals surface area contributed by atoms with Crippen molar-refractivity contribution in [3.63, 3.8) is 0 Å². The Morgan fingerprint density at radius 2 is 2.14 bits per heavy atom. The Balaban J connectivity index is 1.88. The molecule has 1 fully saturated rings. The lowest BCUT2D eigenvalue weighted by molar-refractivity contribution is -0.125. The average molecular weight is 305 g/mol. The molecule has 3 heterocycles. The number of hydrogen-bond donors (Lipinski definition) is 1. The van der Waals surface area contributed by atoms with E-state index in [2.05, 4.69) is 9.97 Å². The number of carbonyl (C=O) groups excluding carboxylic acids is 1. The van der Waals surface area contributed by atoms with Gasteiger partial charge in [0, 0.05) is 18.3 Å². The first-order chi connectivity index (χ1) is 10.1. The normalized spacial score (nSPS) is 15.3. The molecule has 0 atom stereocenters. The molecule has 3 rings (SSSR count). The Morgan fingerprint density at radius 3 is 2.81 bits per heavy atom. The number of nitrogen functional groups attached to an aromatic ring is 1. The minimum Gasteiger partial charge on any atom is -0.384 e. The molecule has 0 aromatic carbocycles. The maximum atomic E-state index is 11.8. The van der Waals surface area contributed by atoms with Crippen molar-refractivity contribution >= 4 is 29.0 Å². The summed E-state index contributed by atoms with van der Waals surface area (Å²) in [7, 11) is 0. The van der Waals surface area contributed by atoms with E-state index in [1.54, 1.807) is 29.4 Å². The minimum atomic E-state index is -0.0667. The van der Waals surface area contributed by atoms with Crippen molar-refractivity contribution in [2.45, 2.75) is 0 Å². The fourth-order valence-corrected chi connectivity index (χ4v) is 2.39. The molecule has 0 aliphatic carbocycles. The van der Waals surface area contributed by atoms with Gasteiger partial charge in [-0.3, -0.25) is 9.78 Å². The van der Waals surface area contributed by atoms with Gasteiger partial charge in [0.05, 0.1) is 29.2 Å². The van der Waals surface area contributed by atoms with E-state index < -0.39 is 0 Å². The van der Waals surface area contributed by atoms with Crippen molar-refractivity contribution in [2.24, 2.45) is 0 Å². The molecular formula is C14H13ClN4O2.